The number of rotatable bonds is 1. The highest BCUT2D eigenvalue weighted by molar-refractivity contribution is 5.90. The first-order valence-electron chi connectivity index (χ1n) is 5.46. The molecule has 6 heteroatoms. The maximum Gasteiger partial charge on any atom is 0.291 e. The van der Waals surface area contributed by atoms with E-state index in [0.717, 1.165) is 13.1 Å². The molecule has 6 nitrogen and oxygen atoms in total. The number of nitrogens with zero attached hydrogens (tertiary/aromatic N) is 4. The summed E-state index contributed by atoms with van der Waals surface area (Å²) in [7, 11) is 2.09. The number of H-pyrrole nitrogens is 1. The molecule has 1 aromatic rings. The number of likely N-dealkylation sites (N-methyl/N-ethyl adjacent to an activating group) is 1. The lowest BCUT2D eigenvalue weighted by Crippen LogP contribution is -2.56. The first-order valence-corrected chi connectivity index (χ1v) is 5.46. The van der Waals surface area contributed by atoms with Gasteiger partial charge in [0.05, 0.1) is 0 Å². The van der Waals surface area contributed by atoms with Gasteiger partial charge in [0.2, 0.25) is 5.82 Å². The lowest BCUT2D eigenvalue weighted by Gasteiger charge is -2.42. The van der Waals surface area contributed by atoms with Crippen LogP contribution in [-0.2, 0) is 0 Å². The summed E-state index contributed by atoms with van der Waals surface area (Å²) in [5.74, 6) is 0.258. The van der Waals surface area contributed by atoms with Crippen molar-refractivity contribution in [3.63, 3.8) is 0 Å². The van der Waals surface area contributed by atoms with Crippen molar-refractivity contribution in [2.75, 3.05) is 20.1 Å². The van der Waals surface area contributed by atoms with Gasteiger partial charge < -0.3 is 4.90 Å². The van der Waals surface area contributed by atoms with Gasteiger partial charge in [-0.05, 0) is 20.9 Å². The Morgan fingerprint density at radius 1 is 1.44 bits per heavy atom. The summed E-state index contributed by atoms with van der Waals surface area (Å²) in [4.78, 5) is 20.0. The van der Waals surface area contributed by atoms with Crippen LogP contribution in [0.2, 0.25) is 0 Å². The molecule has 1 fully saturated rings. The third-order valence-electron chi connectivity index (χ3n) is 3.26. The Balaban J connectivity index is 2.09. The average molecular weight is 223 g/mol. The van der Waals surface area contributed by atoms with Crippen LogP contribution < -0.4 is 0 Å². The predicted molar refractivity (Wildman–Crippen MR) is 59.0 cm³/mol. The van der Waals surface area contributed by atoms with Crippen molar-refractivity contribution >= 4 is 5.91 Å². The van der Waals surface area contributed by atoms with E-state index in [2.05, 4.69) is 41.0 Å². The van der Waals surface area contributed by atoms with E-state index in [1.165, 1.54) is 6.33 Å². The second kappa shape index (κ2) is 4.21. The molecular formula is C10H17N5O. The molecule has 1 aromatic heterocycles. The highest BCUT2D eigenvalue weighted by Crippen LogP contribution is 2.14. The molecule has 1 aliphatic rings. The molecule has 2 heterocycles. The Kier molecular flexibility index (Phi) is 2.91. The van der Waals surface area contributed by atoms with Crippen LogP contribution in [0.25, 0.3) is 0 Å². The van der Waals surface area contributed by atoms with Gasteiger partial charge in [0.25, 0.3) is 5.91 Å². The van der Waals surface area contributed by atoms with Crippen molar-refractivity contribution in [2.24, 2.45) is 0 Å². The number of carbonyl (C=O) groups is 1. The summed E-state index contributed by atoms with van der Waals surface area (Å²) in [6.07, 6.45) is 1.36. The van der Waals surface area contributed by atoms with Gasteiger partial charge >= 0.3 is 0 Å². The van der Waals surface area contributed by atoms with Crippen LogP contribution in [0.1, 0.15) is 24.5 Å². The van der Waals surface area contributed by atoms with E-state index in [9.17, 15) is 4.79 Å². The normalized spacial score (nSPS) is 27.1. The van der Waals surface area contributed by atoms with Crippen molar-refractivity contribution < 1.29 is 4.79 Å². The zero-order valence-electron chi connectivity index (χ0n) is 9.84. The van der Waals surface area contributed by atoms with E-state index in [1.54, 1.807) is 0 Å². The number of hydrogen-bond acceptors (Lipinski definition) is 4. The predicted octanol–water partition coefficient (Wildman–Crippen LogP) is -0.0307. The highest BCUT2D eigenvalue weighted by atomic mass is 16.2. The van der Waals surface area contributed by atoms with E-state index in [1.807, 2.05) is 4.90 Å². The zero-order valence-corrected chi connectivity index (χ0v) is 9.84. The number of carbonyl (C=O) groups excluding carboxylic acids is 1. The second-order valence-corrected chi connectivity index (χ2v) is 4.41. The van der Waals surface area contributed by atoms with E-state index < -0.39 is 0 Å². The fraction of sp³-hybridized carbons (Fsp3) is 0.700. The minimum absolute atomic E-state index is 0.0655. The molecular weight excluding hydrogens is 206 g/mol. The van der Waals surface area contributed by atoms with Crippen LogP contribution in [0.15, 0.2) is 6.33 Å². The number of aromatic amines is 1. The maximum atomic E-state index is 12.0. The minimum Gasteiger partial charge on any atom is -0.333 e. The molecule has 0 radical (unpaired) electrons. The van der Waals surface area contributed by atoms with Gasteiger partial charge in [0.15, 0.2) is 0 Å². The second-order valence-electron chi connectivity index (χ2n) is 4.41. The number of aromatic nitrogens is 3. The fourth-order valence-electron chi connectivity index (χ4n) is 2.03. The summed E-state index contributed by atoms with van der Waals surface area (Å²) in [6.45, 7) is 5.72. The fourth-order valence-corrected chi connectivity index (χ4v) is 2.03. The van der Waals surface area contributed by atoms with Crippen molar-refractivity contribution in [3.8, 4) is 0 Å². The standard InChI is InChI=1S/C10H17N5O/c1-7-4-15(5-8(2)14(7)3)10(16)9-11-6-12-13-9/h6-8H,4-5H2,1-3H3,(H,11,12,13). The Bertz CT molecular complexity index is 351. The van der Waals surface area contributed by atoms with Crippen LogP contribution in [0.5, 0.6) is 0 Å². The Labute approximate surface area is 94.6 Å². The number of amides is 1. The monoisotopic (exact) mass is 223 g/mol. The first kappa shape index (κ1) is 11.1. The van der Waals surface area contributed by atoms with E-state index in [-0.39, 0.29) is 5.91 Å². The molecule has 0 aromatic carbocycles. The van der Waals surface area contributed by atoms with Crippen LogP contribution >= 0.6 is 0 Å². The molecule has 0 saturated carbocycles. The molecule has 2 atom stereocenters. The lowest BCUT2D eigenvalue weighted by molar-refractivity contribution is 0.0404. The Hall–Kier alpha value is -1.43. The third kappa shape index (κ3) is 1.92. The van der Waals surface area contributed by atoms with Crippen molar-refractivity contribution in [3.05, 3.63) is 12.2 Å². The summed E-state index contributed by atoms with van der Waals surface area (Å²) in [5, 5.41) is 6.31. The van der Waals surface area contributed by atoms with Crippen molar-refractivity contribution in [2.45, 2.75) is 25.9 Å². The molecule has 0 aliphatic carbocycles. The van der Waals surface area contributed by atoms with E-state index in [4.69, 9.17) is 0 Å². The Morgan fingerprint density at radius 3 is 2.56 bits per heavy atom. The summed E-state index contributed by atoms with van der Waals surface area (Å²) in [5.41, 5.74) is 0. The van der Waals surface area contributed by atoms with Crippen molar-refractivity contribution in [1.29, 1.82) is 0 Å². The van der Waals surface area contributed by atoms with Crippen LogP contribution in [0, 0.1) is 0 Å². The number of nitrogens with one attached hydrogen (secondary N) is 1. The van der Waals surface area contributed by atoms with Gasteiger partial charge in [-0.1, -0.05) is 0 Å². The molecule has 0 spiro atoms. The summed E-state index contributed by atoms with van der Waals surface area (Å²) < 4.78 is 0. The third-order valence-corrected chi connectivity index (χ3v) is 3.26. The largest absolute Gasteiger partial charge is 0.333 e. The maximum absolute atomic E-state index is 12.0. The summed E-state index contributed by atoms with van der Waals surface area (Å²) >= 11 is 0. The van der Waals surface area contributed by atoms with Gasteiger partial charge in [-0.3, -0.25) is 14.8 Å². The zero-order chi connectivity index (χ0) is 11.7. The van der Waals surface area contributed by atoms with Crippen LogP contribution in [0.4, 0.5) is 0 Å². The highest BCUT2D eigenvalue weighted by Gasteiger charge is 2.30. The van der Waals surface area contributed by atoms with Crippen molar-refractivity contribution in [1.82, 2.24) is 25.0 Å². The molecule has 2 rings (SSSR count). The van der Waals surface area contributed by atoms with Gasteiger partial charge in [-0.15, -0.1) is 0 Å². The summed E-state index contributed by atoms with van der Waals surface area (Å²) in [6, 6.07) is 0.742. The molecule has 1 amide bonds. The van der Waals surface area contributed by atoms with Gasteiger partial charge in [0, 0.05) is 25.2 Å². The molecule has 1 aliphatic heterocycles. The molecule has 1 N–H and O–H groups in total. The smallest absolute Gasteiger partial charge is 0.291 e. The van der Waals surface area contributed by atoms with E-state index in [0.29, 0.717) is 17.9 Å². The van der Waals surface area contributed by atoms with Gasteiger partial charge in [-0.25, -0.2) is 4.98 Å². The minimum atomic E-state index is -0.0655. The molecule has 16 heavy (non-hydrogen) atoms. The van der Waals surface area contributed by atoms with Gasteiger partial charge in [-0.2, -0.15) is 5.10 Å². The average Bonchev–Trinajstić information content (AvgIpc) is 2.77. The molecule has 88 valence electrons. The topological polar surface area (TPSA) is 65.1 Å². The quantitative estimate of drug-likeness (QED) is 0.726. The lowest BCUT2D eigenvalue weighted by atomic mass is 10.1. The van der Waals surface area contributed by atoms with E-state index >= 15 is 0 Å². The van der Waals surface area contributed by atoms with Gasteiger partial charge in [0.1, 0.15) is 6.33 Å². The Morgan fingerprint density at radius 2 is 2.06 bits per heavy atom. The number of piperazine rings is 1. The van der Waals surface area contributed by atoms with Crippen LogP contribution in [-0.4, -0.2) is 63.1 Å². The molecule has 2 unspecified atom stereocenters. The first-order chi connectivity index (χ1) is 7.59. The number of hydrogen-bond donors (Lipinski definition) is 1. The molecule has 1 saturated heterocycles. The SMILES string of the molecule is CC1CN(C(=O)c2ncn[nH]2)CC(C)N1C. The molecule has 0 bridgehead atoms. The van der Waals surface area contributed by atoms with Crippen LogP contribution in [0.3, 0.4) is 0 Å².